The number of nitrogens with two attached hydrogens (primary N) is 1. The van der Waals surface area contributed by atoms with E-state index in [0.29, 0.717) is 27.0 Å². The summed E-state index contributed by atoms with van der Waals surface area (Å²) in [6, 6.07) is 3.51. The molecule has 0 atom stereocenters. The molecular weight excluding hydrogens is 296 g/mol. The number of hydrogen-bond donors (Lipinski definition) is 2. The number of ether oxygens (including phenoxy) is 1. The zero-order valence-corrected chi connectivity index (χ0v) is 12.0. The number of nitrogens with zero attached hydrogens (tertiary/aromatic N) is 2. The lowest BCUT2D eigenvalue weighted by Gasteiger charge is -2.01. The van der Waals surface area contributed by atoms with Crippen LogP contribution in [0.4, 0.5) is 10.8 Å². The molecule has 0 saturated heterocycles. The summed E-state index contributed by atoms with van der Waals surface area (Å²) in [6.07, 6.45) is 1.52. The fourth-order valence-corrected chi connectivity index (χ4v) is 3.16. The molecule has 0 spiro atoms. The molecule has 0 saturated carbocycles. The molecule has 0 radical (unpaired) electrons. The van der Waals surface area contributed by atoms with Crippen LogP contribution in [-0.4, -0.2) is 23.0 Å². The van der Waals surface area contributed by atoms with Crippen LogP contribution in [0.2, 0.25) is 0 Å². The maximum absolute atomic E-state index is 11.9. The number of aromatic nitrogens is 2. The maximum atomic E-state index is 11.9. The predicted molar refractivity (Wildman–Crippen MR) is 80.7 cm³/mol. The smallest absolute Gasteiger partial charge is 0.269 e. The lowest BCUT2D eigenvalue weighted by atomic mass is 10.3. The highest BCUT2D eigenvalue weighted by Gasteiger charge is 2.14. The number of fused-ring (bicyclic) bond motifs is 1. The second-order valence-electron chi connectivity index (χ2n) is 3.91. The minimum absolute atomic E-state index is 0.224. The van der Waals surface area contributed by atoms with Gasteiger partial charge in [0.25, 0.3) is 5.91 Å². The van der Waals surface area contributed by atoms with E-state index in [0.717, 1.165) is 4.70 Å². The molecule has 2 heterocycles. The van der Waals surface area contributed by atoms with Gasteiger partial charge in [-0.1, -0.05) is 11.3 Å². The minimum atomic E-state index is -0.224. The summed E-state index contributed by atoms with van der Waals surface area (Å²) in [5.74, 6) is 0.369. The molecule has 1 amide bonds. The molecule has 6 nitrogen and oxygen atoms in total. The average molecular weight is 306 g/mol. The fourth-order valence-electron chi connectivity index (χ4n) is 1.71. The molecule has 0 unspecified atom stereocenters. The second-order valence-corrected chi connectivity index (χ2v) is 5.83. The molecule has 0 aliphatic carbocycles. The van der Waals surface area contributed by atoms with Gasteiger partial charge in [-0.05, 0) is 6.07 Å². The molecule has 0 bridgehead atoms. The van der Waals surface area contributed by atoms with Gasteiger partial charge in [-0.25, -0.2) is 4.98 Å². The molecular formula is C12H10N4O2S2. The van der Waals surface area contributed by atoms with E-state index in [4.69, 9.17) is 10.5 Å². The number of nitrogen functional groups attached to an aromatic ring is 1. The Morgan fingerprint density at radius 1 is 1.45 bits per heavy atom. The lowest BCUT2D eigenvalue weighted by molar-refractivity contribution is 0.103. The molecule has 3 aromatic rings. The van der Waals surface area contributed by atoms with Crippen molar-refractivity contribution in [2.75, 3.05) is 18.2 Å². The van der Waals surface area contributed by atoms with Gasteiger partial charge in [0.15, 0.2) is 5.13 Å². The Bertz CT molecular complexity index is 767. The van der Waals surface area contributed by atoms with Gasteiger partial charge < -0.3 is 10.5 Å². The third-order valence-corrected chi connectivity index (χ3v) is 4.27. The highest BCUT2D eigenvalue weighted by atomic mass is 32.1. The zero-order chi connectivity index (χ0) is 14.1. The SMILES string of the molecule is COc1cc(N)cc2sc(NC(=O)c3cncs3)nc12. The number of thiazole rings is 2. The van der Waals surface area contributed by atoms with Crippen molar-refractivity contribution in [3.8, 4) is 5.75 Å². The minimum Gasteiger partial charge on any atom is -0.494 e. The van der Waals surface area contributed by atoms with Gasteiger partial charge in [0.05, 0.1) is 23.5 Å². The first kappa shape index (κ1) is 12.8. The number of rotatable bonds is 3. The van der Waals surface area contributed by atoms with Crippen molar-refractivity contribution in [2.24, 2.45) is 0 Å². The Balaban J connectivity index is 1.95. The summed E-state index contributed by atoms with van der Waals surface area (Å²) in [5, 5.41) is 3.25. The van der Waals surface area contributed by atoms with E-state index in [-0.39, 0.29) is 5.91 Å². The number of carbonyl (C=O) groups is 1. The third-order valence-electron chi connectivity index (χ3n) is 2.58. The molecule has 20 heavy (non-hydrogen) atoms. The highest BCUT2D eigenvalue weighted by Crippen LogP contribution is 2.34. The topological polar surface area (TPSA) is 90.1 Å². The first-order valence-corrected chi connectivity index (χ1v) is 7.31. The summed E-state index contributed by atoms with van der Waals surface area (Å²) in [5.41, 5.74) is 8.68. The van der Waals surface area contributed by atoms with Crippen LogP contribution in [0.3, 0.4) is 0 Å². The van der Waals surface area contributed by atoms with E-state index < -0.39 is 0 Å². The second kappa shape index (κ2) is 5.06. The molecule has 102 valence electrons. The van der Waals surface area contributed by atoms with Crippen molar-refractivity contribution in [3.05, 3.63) is 28.7 Å². The van der Waals surface area contributed by atoms with Gasteiger partial charge in [0.1, 0.15) is 16.1 Å². The van der Waals surface area contributed by atoms with E-state index in [1.807, 2.05) is 0 Å². The van der Waals surface area contributed by atoms with Crippen LogP contribution in [0.15, 0.2) is 23.8 Å². The van der Waals surface area contributed by atoms with Gasteiger partial charge in [0.2, 0.25) is 0 Å². The van der Waals surface area contributed by atoms with Crippen LogP contribution < -0.4 is 15.8 Å². The fraction of sp³-hybridized carbons (Fsp3) is 0.0833. The summed E-state index contributed by atoms with van der Waals surface area (Å²) in [7, 11) is 1.56. The number of hydrogen-bond acceptors (Lipinski definition) is 7. The lowest BCUT2D eigenvalue weighted by Crippen LogP contribution is -2.09. The van der Waals surface area contributed by atoms with E-state index in [1.165, 1.54) is 28.9 Å². The number of benzene rings is 1. The molecule has 2 aromatic heterocycles. The zero-order valence-electron chi connectivity index (χ0n) is 10.4. The van der Waals surface area contributed by atoms with Crippen LogP contribution in [0.1, 0.15) is 9.67 Å². The monoisotopic (exact) mass is 306 g/mol. The highest BCUT2D eigenvalue weighted by molar-refractivity contribution is 7.22. The Labute approximate surface area is 122 Å². The van der Waals surface area contributed by atoms with Crippen molar-refractivity contribution < 1.29 is 9.53 Å². The molecule has 0 fully saturated rings. The quantitative estimate of drug-likeness (QED) is 0.726. The molecule has 3 rings (SSSR count). The molecule has 0 aliphatic heterocycles. The molecule has 1 aromatic carbocycles. The number of carbonyl (C=O) groups excluding carboxylic acids is 1. The Hall–Kier alpha value is -2.19. The summed E-state index contributed by atoms with van der Waals surface area (Å²) < 4.78 is 6.10. The first-order valence-electron chi connectivity index (χ1n) is 5.61. The maximum Gasteiger partial charge on any atom is 0.269 e. The third kappa shape index (κ3) is 2.30. The van der Waals surface area contributed by atoms with Crippen molar-refractivity contribution in [2.45, 2.75) is 0 Å². The Morgan fingerprint density at radius 3 is 3.00 bits per heavy atom. The Morgan fingerprint density at radius 2 is 2.30 bits per heavy atom. The summed E-state index contributed by atoms with van der Waals surface area (Å²) >= 11 is 2.62. The first-order chi connectivity index (χ1) is 9.67. The van der Waals surface area contributed by atoms with Crippen LogP contribution in [-0.2, 0) is 0 Å². The van der Waals surface area contributed by atoms with Crippen molar-refractivity contribution >= 4 is 49.6 Å². The van der Waals surface area contributed by atoms with Crippen molar-refractivity contribution in [3.63, 3.8) is 0 Å². The van der Waals surface area contributed by atoms with E-state index >= 15 is 0 Å². The van der Waals surface area contributed by atoms with Crippen molar-refractivity contribution in [1.82, 2.24) is 9.97 Å². The van der Waals surface area contributed by atoms with Gasteiger partial charge >= 0.3 is 0 Å². The van der Waals surface area contributed by atoms with Crippen LogP contribution in [0.5, 0.6) is 5.75 Å². The number of methoxy groups -OCH3 is 1. The molecule has 3 N–H and O–H groups in total. The van der Waals surface area contributed by atoms with Crippen LogP contribution in [0.25, 0.3) is 10.2 Å². The van der Waals surface area contributed by atoms with Gasteiger partial charge in [-0.2, -0.15) is 0 Å². The number of amides is 1. The van der Waals surface area contributed by atoms with E-state index in [9.17, 15) is 4.79 Å². The molecule has 8 heteroatoms. The summed E-state index contributed by atoms with van der Waals surface area (Å²) in [4.78, 5) is 20.7. The van der Waals surface area contributed by atoms with Crippen LogP contribution in [0, 0.1) is 0 Å². The normalized spacial score (nSPS) is 10.7. The summed E-state index contributed by atoms with van der Waals surface area (Å²) in [6.45, 7) is 0. The standard InChI is InChI=1S/C12H10N4O2S2/c1-18-7-2-6(13)3-8-10(7)15-12(20-8)16-11(17)9-4-14-5-19-9/h2-5H,13H2,1H3,(H,15,16,17). The van der Waals surface area contributed by atoms with Crippen molar-refractivity contribution in [1.29, 1.82) is 0 Å². The van der Waals surface area contributed by atoms with Gasteiger partial charge in [-0.15, -0.1) is 11.3 Å². The Kier molecular flexibility index (Phi) is 3.25. The van der Waals surface area contributed by atoms with Crippen LogP contribution >= 0.6 is 22.7 Å². The number of anilines is 2. The van der Waals surface area contributed by atoms with E-state index in [1.54, 1.807) is 24.8 Å². The number of nitrogens with one attached hydrogen (secondary N) is 1. The van der Waals surface area contributed by atoms with Gasteiger partial charge in [0, 0.05) is 11.8 Å². The van der Waals surface area contributed by atoms with E-state index in [2.05, 4.69) is 15.3 Å². The predicted octanol–water partition coefficient (Wildman–Crippen LogP) is 2.60. The average Bonchev–Trinajstić information content (AvgIpc) is 3.05. The van der Waals surface area contributed by atoms with Gasteiger partial charge in [-0.3, -0.25) is 15.1 Å². The molecule has 0 aliphatic rings. The largest absolute Gasteiger partial charge is 0.494 e.